The van der Waals surface area contributed by atoms with Gasteiger partial charge < -0.3 is 4.74 Å². The quantitative estimate of drug-likeness (QED) is 0.789. The maximum Gasteiger partial charge on any atom is 0.130 e. The number of rotatable bonds is 5. The Morgan fingerprint density at radius 1 is 1.18 bits per heavy atom. The van der Waals surface area contributed by atoms with Gasteiger partial charge in [0.25, 0.3) is 0 Å². The van der Waals surface area contributed by atoms with Crippen molar-refractivity contribution < 1.29 is 4.74 Å². The molecule has 2 rings (SSSR count). The van der Waals surface area contributed by atoms with Crippen LogP contribution in [0.15, 0.2) is 36.4 Å². The molecule has 3 heteroatoms. The first-order valence-electron chi connectivity index (χ1n) is 6.07. The molecule has 0 aliphatic heterocycles. The van der Waals surface area contributed by atoms with Crippen molar-refractivity contribution in [2.24, 2.45) is 0 Å². The zero-order chi connectivity index (χ0) is 12.1. The van der Waals surface area contributed by atoms with E-state index in [1.54, 1.807) is 0 Å². The van der Waals surface area contributed by atoms with Gasteiger partial charge in [-0.2, -0.15) is 5.10 Å². The van der Waals surface area contributed by atoms with Crippen molar-refractivity contribution in [1.29, 1.82) is 0 Å². The molecule has 0 radical (unpaired) electrons. The Hall–Kier alpha value is -1.77. The number of hydrogen-bond donors (Lipinski definition) is 0. The van der Waals surface area contributed by atoms with Gasteiger partial charge in [-0.3, -0.25) is 4.68 Å². The molecule has 2 aromatic rings. The molecule has 0 fully saturated rings. The normalized spacial score (nSPS) is 10.5. The predicted molar refractivity (Wildman–Crippen MR) is 68.1 cm³/mol. The minimum atomic E-state index is 0.574. The molecule has 90 valence electrons. The minimum Gasteiger partial charge on any atom is -0.487 e. The van der Waals surface area contributed by atoms with Gasteiger partial charge >= 0.3 is 0 Å². The first kappa shape index (κ1) is 11.7. The maximum absolute atomic E-state index is 5.73. The van der Waals surface area contributed by atoms with Crippen LogP contribution in [0.5, 0.6) is 5.75 Å². The molecule has 17 heavy (non-hydrogen) atoms. The summed E-state index contributed by atoms with van der Waals surface area (Å²) in [6, 6.07) is 12.0. The lowest BCUT2D eigenvalue weighted by atomic mass is 10.3. The monoisotopic (exact) mass is 230 g/mol. The van der Waals surface area contributed by atoms with Crippen LogP contribution in [0.1, 0.15) is 25.2 Å². The highest BCUT2D eigenvalue weighted by Crippen LogP contribution is 2.12. The molecular weight excluding hydrogens is 212 g/mol. The molecule has 0 saturated carbocycles. The van der Waals surface area contributed by atoms with E-state index in [0.717, 1.165) is 30.1 Å². The molecule has 3 nitrogen and oxygen atoms in total. The van der Waals surface area contributed by atoms with E-state index >= 15 is 0 Å². The van der Waals surface area contributed by atoms with Gasteiger partial charge in [0, 0.05) is 6.54 Å². The summed E-state index contributed by atoms with van der Waals surface area (Å²) in [5.41, 5.74) is 2.26. The van der Waals surface area contributed by atoms with Crippen molar-refractivity contribution in [1.82, 2.24) is 9.78 Å². The van der Waals surface area contributed by atoms with Crippen molar-refractivity contribution in [3.8, 4) is 5.75 Å². The zero-order valence-corrected chi connectivity index (χ0v) is 10.4. The lowest BCUT2D eigenvalue weighted by Gasteiger charge is -2.07. The van der Waals surface area contributed by atoms with Crippen molar-refractivity contribution in [3.05, 3.63) is 47.8 Å². The summed E-state index contributed by atoms with van der Waals surface area (Å²) < 4.78 is 7.73. The van der Waals surface area contributed by atoms with E-state index in [2.05, 4.69) is 25.0 Å². The number of aryl methyl sites for hydroxylation is 2. The van der Waals surface area contributed by atoms with Gasteiger partial charge in [-0.25, -0.2) is 0 Å². The summed E-state index contributed by atoms with van der Waals surface area (Å²) in [5, 5.41) is 4.50. The SMILES string of the molecule is CCc1cc(COc2ccccc2)n(CC)n1. The summed E-state index contributed by atoms with van der Waals surface area (Å²) in [6.07, 6.45) is 0.964. The van der Waals surface area contributed by atoms with Gasteiger partial charge in [-0.1, -0.05) is 25.1 Å². The molecule has 0 unspecified atom stereocenters. The number of hydrogen-bond acceptors (Lipinski definition) is 2. The van der Waals surface area contributed by atoms with Gasteiger partial charge in [-0.15, -0.1) is 0 Å². The largest absolute Gasteiger partial charge is 0.487 e. The lowest BCUT2D eigenvalue weighted by molar-refractivity contribution is 0.292. The van der Waals surface area contributed by atoms with E-state index in [0.29, 0.717) is 6.61 Å². The Labute approximate surface area is 102 Å². The highest BCUT2D eigenvalue weighted by atomic mass is 16.5. The van der Waals surface area contributed by atoms with Crippen LogP contribution >= 0.6 is 0 Å². The molecule has 0 amide bonds. The second kappa shape index (κ2) is 5.53. The second-order valence-corrected chi connectivity index (χ2v) is 3.90. The van der Waals surface area contributed by atoms with Crippen LogP contribution in [0.4, 0.5) is 0 Å². The van der Waals surface area contributed by atoms with Crippen LogP contribution in [-0.4, -0.2) is 9.78 Å². The Kier molecular flexibility index (Phi) is 3.81. The van der Waals surface area contributed by atoms with Gasteiger partial charge in [-0.05, 0) is 31.5 Å². The maximum atomic E-state index is 5.73. The Morgan fingerprint density at radius 2 is 1.94 bits per heavy atom. The Bertz CT molecular complexity index is 462. The van der Waals surface area contributed by atoms with Crippen molar-refractivity contribution in [3.63, 3.8) is 0 Å². The molecular formula is C14H18N2O. The molecule has 1 heterocycles. The summed E-state index contributed by atoms with van der Waals surface area (Å²) in [7, 11) is 0. The summed E-state index contributed by atoms with van der Waals surface area (Å²) >= 11 is 0. The average molecular weight is 230 g/mol. The number of ether oxygens (including phenoxy) is 1. The molecule has 0 aliphatic rings. The number of aromatic nitrogens is 2. The molecule has 1 aromatic carbocycles. The number of benzene rings is 1. The van der Waals surface area contributed by atoms with Crippen LogP contribution in [-0.2, 0) is 19.6 Å². The van der Waals surface area contributed by atoms with Crippen LogP contribution < -0.4 is 4.74 Å². The third-order valence-electron chi connectivity index (χ3n) is 2.71. The molecule has 1 aromatic heterocycles. The fourth-order valence-electron chi connectivity index (χ4n) is 1.75. The van der Waals surface area contributed by atoms with Crippen LogP contribution in [0.25, 0.3) is 0 Å². The van der Waals surface area contributed by atoms with Gasteiger partial charge in [0.15, 0.2) is 0 Å². The molecule has 0 aliphatic carbocycles. The molecule has 0 spiro atoms. The van der Waals surface area contributed by atoms with E-state index in [1.165, 1.54) is 0 Å². The van der Waals surface area contributed by atoms with E-state index in [4.69, 9.17) is 4.74 Å². The fraction of sp³-hybridized carbons (Fsp3) is 0.357. The van der Waals surface area contributed by atoms with Crippen molar-refractivity contribution >= 4 is 0 Å². The first-order valence-corrected chi connectivity index (χ1v) is 6.07. The average Bonchev–Trinajstić information content (AvgIpc) is 2.80. The van der Waals surface area contributed by atoms with E-state index in [1.807, 2.05) is 35.0 Å². The van der Waals surface area contributed by atoms with E-state index < -0.39 is 0 Å². The Balaban J connectivity index is 2.05. The molecule has 0 N–H and O–H groups in total. The van der Waals surface area contributed by atoms with E-state index in [-0.39, 0.29) is 0 Å². The van der Waals surface area contributed by atoms with Crippen LogP contribution in [0.2, 0.25) is 0 Å². The second-order valence-electron chi connectivity index (χ2n) is 3.90. The zero-order valence-electron chi connectivity index (χ0n) is 10.4. The summed E-state index contributed by atoms with van der Waals surface area (Å²) in [4.78, 5) is 0. The minimum absolute atomic E-state index is 0.574. The third kappa shape index (κ3) is 2.87. The van der Waals surface area contributed by atoms with Crippen LogP contribution in [0.3, 0.4) is 0 Å². The molecule has 0 saturated heterocycles. The van der Waals surface area contributed by atoms with E-state index in [9.17, 15) is 0 Å². The Morgan fingerprint density at radius 3 is 2.59 bits per heavy atom. The third-order valence-corrected chi connectivity index (χ3v) is 2.71. The van der Waals surface area contributed by atoms with Gasteiger partial charge in [0.05, 0.1) is 11.4 Å². The molecule has 0 bridgehead atoms. The lowest BCUT2D eigenvalue weighted by Crippen LogP contribution is -2.06. The summed E-state index contributed by atoms with van der Waals surface area (Å²) in [5.74, 6) is 0.898. The van der Waals surface area contributed by atoms with Gasteiger partial charge in [0.1, 0.15) is 12.4 Å². The predicted octanol–water partition coefficient (Wildman–Crippen LogP) is 3.04. The smallest absolute Gasteiger partial charge is 0.130 e. The topological polar surface area (TPSA) is 27.1 Å². The standard InChI is InChI=1S/C14H18N2O/c1-3-12-10-13(16(4-2)15-12)11-17-14-8-6-5-7-9-14/h5-10H,3-4,11H2,1-2H3. The number of para-hydroxylation sites is 1. The van der Waals surface area contributed by atoms with Crippen molar-refractivity contribution in [2.75, 3.05) is 0 Å². The fourth-order valence-corrected chi connectivity index (χ4v) is 1.75. The highest BCUT2D eigenvalue weighted by Gasteiger charge is 2.05. The first-order chi connectivity index (χ1) is 8.33. The molecule has 0 atom stereocenters. The summed E-state index contributed by atoms with van der Waals surface area (Å²) in [6.45, 7) is 5.67. The van der Waals surface area contributed by atoms with Gasteiger partial charge in [0.2, 0.25) is 0 Å². The van der Waals surface area contributed by atoms with Crippen LogP contribution in [0, 0.1) is 0 Å². The highest BCUT2D eigenvalue weighted by molar-refractivity contribution is 5.21. The van der Waals surface area contributed by atoms with Crippen molar-refractivity contribution in [2.45, 2.75) is 33.4 Å². The number of nitrogens with zero attached hydrogens (tertiary/aromatic N) is 2.